The summed E-state index contributed by atoms with van der Waals surface area (Å²) in [6.07, 6.45) is 0. The Morgan fingerprint density at radius 1 is 0.833 bits per heavy atom. The molecular weight excluding hydrogens is 271 g/mol. The minimum atomic E-state index is 0.628. The topological polar surface area (TPSA) is 18.5 Å². The van der Waals surface area contributed by atoms with Crippen LogP contribution in [-0.4, -0.2) is 14.2 Å². The van der Waals surface area contributed by atoms with Crippen LogP contribution in [0.15, 0.2) is 36.4 Å². The Labute approximate surface area is 116 Å². The normalized spacial score (nSPS) is 10.2. The standard InChI is InChI=1S/C14H12Cl2O2/c1-17-10-4-5-11(14(8-10)18-2)12-7-9(15)3-6-13(12)16/h3-8H,1-2H3. The second kappa shape index (κ2) is 5.51. The van der Waals surface area contributed by atoms with E-state index in [4.69, 9.17) is 32.7 Å². The van der Waals surface area contributed by atoms with Crippen LogP contribution in [0.25, 0.3) is 11.1 Å². The summed E-state index contributed by atoms with van der Waals surface area (Å²) in [4.78, 5) is 0. The van der Waals surface area contributed by atoms with Gasteiger partial charge in [-0.05, 0) is 30.3 Å². The Balaban J connectivity index is 2.59. The average Bonchev–Trinajstić information content (AvgIpc) is 2.41. The van der Waals surface area contributed by atoms with Gasteiger partial charge in [0, 0.05) is 27.2 Å². The molecule has 0 amide bonds. The third-order valence-electron chi connectivity index (χ3n) is 2.63. The van der Waals surface area contributed by atoms with Gasteiger partial charge in [-0.1, -0.05) is 23.2 Å². The molecule has 0 aliphatic heterocycles. The van der Waals surface area contributed by atoms with Crippen LogP contribution in [0.3, 0.4) is 0 Å². The van der Waals surface area contributed by atoms with Gasteiger partial charge < -0.3 is 9.47 Å². The van der Waals surface area contributed by atoms with E-state index in [9.17, 15) is 0 Å². The molecule has 0 fully saturated rings. The van der Waals surface area contributed by atoms with Crippen molar-refractivity contribution >= 4 is 23.2 Å². The molecule has 0 heterocycles. The maximum absolute atomic E-state index is 6.19. The van der Waals surface area contributed by atoms with Gasteiger partial charge in [-0.15, -0.1) is 0 Å². The van der Waals surface area contributed by atoms with E-state index in [1.54, 1.807) is 26.4 Å². The lowest BCUT2D eigenvalue weighted by molar-refractivity contribution is 0.395. The first-order chi connectivity index (χ1) is 8.65. The molecule has 0 aliphatic rings. The molecule has 0 saturated heterocycles. The Morgan fingerprint density at radius 3 is 2.28 bits per heavy atom. The van der Waals surface area contributed by atoms with Crippen molar-refractivity contribution in [2.75, 3.05) is 14.2 Å². The molecule has 0 aliphatic carbocycles. The van der Waals surface area contributed by atoms with E-state index in [-0.39, 0.29) is 0 Å². The van der Waals surface area contributed by atoms with E-state index in [0.717, 1.165) is 16.9 Å². The monoisotopic (exact) mass is 282 g/mol. The van der Waals surface area contributed by atoms with Gasteiger partial charge in [0.15, 0.2) is 0 Å². The highest BCUT2D eigenvalue weighted by molar-refractivity contribution is 6.35. The molecular formula is C14H12Cl2O2. The van der Waals surface area contributed by atoms with Gasteiger partial charge in [0.1, 0.15) is 11.5 Å². The molecule has 2 rings (SSSR count). The lowest BCUT2D eigenvalue weighted by atomic mass is 10.0. The number of ether oxygens (including phenoxy) is 2. The van der Waals surface area contributed by atoms with Gasteiger partial charge in [0.05, 0.1) is 14.2 Å². The van der Waals surface area contributed by atoms with Gasteiger partial charge in [0.25, 0.3) is 0 Å². The zero-order chi connectivity index (χ0) is 13.1. The average molecular weight is 283 g/mol. The molecule has 18 heavy (non-hydrogen) atoms. The maximum Gasteiger partial charge on any atom is 0.130 e. The van der Waals surface area contributed by atoms with E-state index >= 15 is 0 Å². The largest absolute Gasteiger partial charge is 0.497 e. The summed E-state index contributed by atoms with van der Waals surface area (Å²) >= 11 is 12.2. The molecule has 4 heteroatoms. The molecule has 0 N–H and O–H groups in total. The first-order valence-electron chi connectivity index (χ1n) is 5.33. The predicted molar refractivity (Wildman–Crippen MR) is 75.0 cm³/mol. The lowest BCUT2D eigenvalue weighted by Crippen LogP contribution is -1.91. The van der Waals surface area contributed by atoms with Crippen LogP contribution in [0.4, 0.5) is 0 Å². The van der Waals surface area contributed by atoms with Crippen LogP contribution in [0.5, 0.6) is 11.5 Å². The number of methoxy groups -OCH3 is 2. The molecule has 2 aromatic carbocycles. The summed E-state index contributed by atoms with van der Waals surface area (Å²) in [6, 6.07) is 10.9. The highest BCUT2D eigenvalue weighted by atomic mass is 35.5. The quantitative estimate of drug-likeness (QED) is 0.814. The van der Waals surface area contributed by atoms with E-state index in [1.165, 1.54) is 0 Å². The molecule has 2 nitrogen and oxygen atoms in total. The second-order valence-electron chi connectivity index (χ2n) is 3.69. The van der Waals surface area contributed by atoms with Crippen LogP contribution in [-0.2, 0) is 0 Å². The number of hydrogen-bond acceptors (Lipinski definition) is 2. The van der Waals surface area contributed by atoms with Gasteiger partial charge in [-0.25, -0.2) is 0 Å². The first-order valence-corrected chi connectivity index (χ1v) is 6.08. The van der Waals surface area contributed by atoms with E-state index < -0.39 is 0 Å². The smallest absolute Gasteiger partial charge is 0.130 e. The molecule has 2 aromatic rings. The van der Waals surface area contributed by atoms with E-state index in [1.807, 2.05) is 24.3 Å². The molecule has 0 aromatic heterocycles. The highest BCUT2D eigenvalue weighted by Gasteiger charge is 2.11. The fraction of sp³-hybridized carbons (Fsp3) is 0.143. The van der Waals surface area contributed by atoms with Crippen LogP contribution >= 0.6 is 23.2 Å². The fourth-order valence-corrected chi connectivity index (χ4v) is 2.12. The minimum Gasteiger partial charge on any atom is -0.497 e. The van der Waals surface area contributed by atoms with Crippen molar-refractivity contribution in [3.05, 3.63) is 46.4 Å². The van der Waals surface area contributed by atoms with Crippen molar-refractivity contribution in [2.24, 2.45) is 0 Å². The predicted octanol–water partition coefficient (Wildman–Crippen LogP) is 4.68. The van der Waals surface area contributed by atoms with Gasteiger partial charge in [-0.3, -0.25) is 0 Å². The summed E-state index contributed by atoms with van der Waals surface area (Å²) in [6.45, 7) is 0. The third kappa shape index (κ3) is 2.55. The molecule has 0 spiro atoms. The second-order valence-corrected chi connectivity index (χ2v) is 4.53. The van der Waals surface area contributed by atoms with Crippen molar-refractivity contribution in [3.63, 3.8) is 0 Å². The van der Waals surface area contributed by atoms with Gasteiger partial charge in [0.2, 0.25) is 0 Å². The van der Waals surface area contributed by atoms with E-state index in [0.29, 0.717) is 15.8 Å². The zero-order valence-corrected chi connectivity index (χ0v) is 11.5. The first kappa shape index (κ1) is 13.1. The third-order valence-corrected chi connectivity index (χ3v) is 3.19. The van der Waals surface area contributed by atoms with Crippen molar-refractivity contribution in [3.8, 4) is 22.6 Å². The summed E-state index contributed by atoms with van der Waals surface area (Å²) < 4.78 is 10.5. The van der Waals surface area contributed by atoms with Crippen LogP contribution in [0.2, 0.25) is 10.0 Å². The van der Waals surface area contributed by atoms with E-state index in [2.05, 4.69) is 0 Å². The molecule has 0 radical (unpaired) electrons. The summed E-state index contributed by atoms with van der Waals surface area (Å²) in [5, 5.41) is 1.26. The van der Waals surface area contributed by atoms with Gasteiger partial charge in [-0.2, -0.15) is 0 Å². The Kier molecular flexibility index (Phi) is 4.00. The summed E-state index contributed by atoms with van der Waals surface area (Å²) in [5.74, 6) is 1.42. The van der Waals surface area contributed by atoms with Crippen molar-refractivity contribution in [1.82, 2.24) is 0 Å². The van der Waals surface area contributed by atoms with Crippen LogP contribution in [0, 0.1) is 0 Å². The van der Waals surface area contributed by atoms with Crippen LogP contribution in [0.1, 0.15) is 0 Å². The summed E-state index contributed by atoms with van der Waals surface area (Å²) in [5.41, 5.74) is 1.72. The minimum absolute atomic E-state index is 0.628. The molecule has 94 valence electrons. The Hall–Kier alpha value is -1.38. The molecule has 0 unspecified atom stereocenters. The number of benzene rings is 2. The fourth-order valence-electron chi connectivity index (χ4n) is 1.72. The Morgan fingerprint density at radius 2 is 1.61 bits per heavy atom. The lowest BCUT2D eigenvalue weighted by Gasteiger charge is -2.12. The van der Waals surface area contributed by atoms with Crippen molar-refractivity contribution in [1.29, 1.82) is 0 Å². The van der Waals surface area contributed by atoms with Gasteiger partial charge >= 0.3 is 0 Å². The number of halogens is 2. The van der Waals surface area contributed by atoms with Crippen LogP contribution < -0.4 is 9.47 Å². The number of rotatable bonds is 3. The van der Waals surface area contributed by atoms with Crippen molar-refractivity contribution < 1.29 is 9.47 Å². The Bertz CT molecular complexity index is 568. The molecule has 0 saturated carbocycles. The SMILES string of the molecule is COc1ccc(-c2cc(Cl)ccc2Cl)c(OC)c1. The maximum atomic E-state index is 6.19. The van der Waals surface area contributed by atoms with Crippen molar-refractivity contribution in [2.45, 2.75) is 0 Å². The molecule has 0 atom stereocenters. The molecule has 0 bridgehead atoms. The number of hydrogen-bond donors (Lipinski definition) is 0. The highest BCUT2D eigenvalue weighted by Crippen LogP contribution is 2.38. The summed E-state index contributed by atoms with van der Waals surface area (Å²) in [7, 11) is 3.22. The zero-order valence-electron chi connectivity index (χ0n) is 10.0.